The largest absolute Gasteiger partial charge is 0.450 e. The van der Waals surface area contributed by atoms with Crippen molar-refractivity contribution in [2.24, 2.45) is 0 Å². The molecule has 0 aromatic heterocycles. The van der Waals surface area contributed by atoms with Crippen LogP contribution in [0.4, 0.5) is 10.5 Å². The number of sulfone groups is 1. The van der Waals surface area contributed by atoms with E-state index in [0.29, 0.717) is 0 Å². The van der Waals surface area contributed by atoms with E-state index in [9.17, 15) is 18.0 Å². The van der Waals surface area contributed by atoms with Crippen LogP contribution >= 0.6 is 0 Å². The summed E-state index contributed by atoms with van der Waals surface area (Å²) in [6.45, 7) is 1.85. The second-order valence-corrected chi connectivity index (χ2v) is 6.02. The van der Waals surface area contributed by atoms with Crippen molar-refractivity contribution in [1.29, 1.82) is 0 Å². The van der Waals surface area contributed by atoms with Gasteiger partial charge in [0.15, 0.2) is 15.6 Å². The van der Waals surface area contributed by atoms with Crippen molar-refractivity contribution in [3.8, 4) is 0 Å². The van der Waals surface area contributed by atoms with Crippen LogP contribution in [0.2, 0.25) is 0 Å². The Hall–Kier alpha value is -1.89. The predicted molar refractivity (Wildman–Crippen MR) is 71.1 cm³/mol. The van der Waals surface area contributed by atoms with Crippen LogP contribution in [0.1, 0.15) is 17.3 Å². The zero-order valence-electron chi connectivity index (χ0n) is 10.7. The third-order valence-corrected chi connectivity index (χ3v) is 2.92. The average molecular weight is 285 g/mol. The van der Waals surface area contributed by atoms with Crippen LogP contribution in [0.25, 0.3) is 0 Å². The molecule has 1 rings (SSSR count). The number of hydrogen-bond acceptors (Lipinski definition) is 5. The Morgan fingerprint density at radius 3 is 2.47 bits per heavy atom. The van der Waals surface area contributed by atoms with E-state index in [1.54, 1.807) is 19.1 Å². The third kappa shape index (κ3) is 5.09. The van der Waals surface area contributed by atoms with Gasteiger partial charge >= 0.3 is 6.09 Å². The van der Waals surface area contributed by atoms with Gasteiger partial charge in [0.2, 0.25) is 0 Å². The molecule has 0 bridgehead atoms. The number of amides is 1. The molecule has 0 spiro atoms. The van der Waals surface area contributed by atoms with Gasteiger partial charge in [0.1, 0.15) is 5.75 Å². The van der Waals surface area contributed by atoms with Crippen molar-refractivity contribution < 1.29 is 22.7 Å². The fourth-order valence-corrected chi connectivity index (χ4v) is 2.06. The van der Waals surface area contributed by atoms with E-state index in [2.05, 4.69) is 5.32 Å². The van der Waals surface area contributed by atoms with Gasteiger partial charge in [-0.15, -0.1) is 0 Å². The summed E-state index contributed by atoms with van der Waals surface area (Å²) in [6, 6.07) is 6.17. The average Bonchev–Trinajstić information content (AvgIpc) is 2.27. The van der Waals surface area contributed by atoms with E-state index in [1.807, 2.05) is 0 Å². The zero-order chi connectivity index (χ0) is 14.5. The van der Waals surface area contributed by atoms with Gasteiger partial charge in [0.05, 0.1) is 12.3 Å². The van der Waals surface area contributed by atoms with E-state index < -0.39 is 27.5 Å². The molecule has 19 heavy (non-hydrogen) atoms. The lowest BCUT2D eigenvalue weighted by atomic mass is 10.1. The Morgan fingerprint density at radius 2 is 1.89 bits per heavy atom. The Kier molecular flexibility index (Phi) is 5.05. The van der Waals surface area contributed by atoms with Gasteiger partial charge < -0.3 is 4.74 Å². The molecular formula is C12H15NO5S. The Labute approximate surface area is 111 Å². The summed E-state index contributed by atoms with van der Waals surface area (Å²) in [5, 5.41) is 2.40. The highest BCUT2D eigenvalue weighted by atomic mass is 32.2. The standard InChI is InChI=1S/C12H15NO5S/c1-3-18-12(15)13-10-7-5-4-6-9(10)11(14)8-19(2,16)17/h4-7H,3,8H2,1-2H3,(H,13,15). The molecule has 0 fully saturated rings. The summed E-state index contributed by atoms with van der Waals surface area (Å²) in [7, 11) is -3.42. The van der Waals surface area contributed by atoms with Crippen LogP contribution in [-0.2, 0) is 14.6 Å². The molecule has 1 aromatic rings. The first-order valence-electron chi connectivity index (χ1n) is 5.57. The van der Waals surface area contributed by atoms with Crippen LogP contribution in [0.15, 0.2) is 24.3 Å². The molecule has 0 atom stereocenters. The highest BCUT2D eigenvalue weighted by Crippen LogP contribution is 2.16. The molecule has 0 heterocycles. The Morgan fingerprint density at radius 1 is 1.26 bits per heavy atom. The van der Waals surface area contributed by atoms with Crippen molar-refractivity contribution in [3.05, 3.63) is 29.8 Å². The van der Waals surface area contributed by atoms with E-state index in [4.69, 9.17) is 4.74 Å². The smallest absolute Gasteiger partial charge is 0.411 e. The first-order valence-corrected chi connectivity index (χ1v) is 7.63. The van der Waals surface area contributed by atoms with Gasteiger partial charge in [0, 0.05) is 11.8 Å². The lowest BCUT2D eigenvalue weighted by Gasteiger charge is -2.09. The number of ether oxygens (including phenoxy) is 1. The second kappa shape index (κ2) is 6.33. The third-order valence-electron chi connectivity index (χ3n) is 2.13. The minimum atomic E-state index is -3.42. The van der Waals surface area contributed by atoms with Crippen molar-refractivity contribution >= 4 is 27.4 Å². The number of carbonyl (C=O) groups excluding carboxylic acids is 2. The van der Waals surface area contributed by atoms with Gasteiger partial charge in [-0.2, -0.15) is 0 Å². The summed E-state index contributed by atoms with van der Waals surface area (Å²) < 4.78 is 26.9. The van der Waals surface area contributed by atoms with Gasteiger partial charge in [-0.3, -0.25) is 10.1 Å². The molecule has 0 saturated carbocycles. The normalized spacial score (nSPS) is 10.8. The summed E-state index contributed by atoms with van der Waals surface area (Å²) >= 11 is 0. The summed E-state index contributed by atoms with van der Waals surface area (Å²) in [4.78, 5) is 23.2. The summed E-state index contributed by atoms with van der Waals surface area (Å²) in [5.41, 5.74) is 0.371. The minimum Gasteiger partial charge on any atom is -0.450 e. The number of hydrogen-bond donors (Lipinski definition) is 1. The number of benzene rings is 1. The topological polar surface area (TPSA) is 89.5 Å². The number of anilines is 1. The first kappa shape index (κ1) is 15.2. The SMILES string of the molecule is CCOC(=O)Nc1ccccc1C(=O)CS(C)(=O)=O. The zero-order valence-corrected chi connectivity index (χ0v) is 11.5. The van der Waals surface area contributed by atoms with Crippen molar-refractivity contribution in [3.63, 3.8) is 0 Å². The fourth-order valence-electron chi connectivity index (χ4n) is 1.43. The van der Waals surface area contributed by atoms with Gasteiger partial charge in [-0.25, -0.2) is 13.2 Å². The molecule has 6 nitrogen and oxygen atoms in total. The second-order valence-electron chi connectivity index (χ2n) is 3.88. The maximum atomic E-state index is 11.8. The predicted octanol–water partition coefficient (Wildman–Crippen LogP) is 1.48. The highest BCUT2D eigenvalue weighted by molar-refractivity contribution is 7.91. The van der Waals surface area contributed by atoms with E-state index in [-0.39, 0.29) is 17.9 Å². The molecule has 1 amide bonds. The quantitative estimate of drug-likeness (QED) is 0.828. The molecule has 1 aromatic carbocycles. The molecule has 0 aliphatic carbocycles. The highest BCUT2D eigenvalue weighted by Gasteiger charge is 2.17. The van der Waals surface area contributed by atoms with E-state index in [1.165, 1.54) is 12.1 Å². The Bertz CT molecular complexity index is 580. The minimum absolute atomic E-state index is 0.140. The molecule has 0 radical (unpaired) electrons. The van der Waals surface area contributed by atoms with Gasteiger partial charge in [-0.1, -0.05) is 12.1 Å². The van der Waals surface area contributed by atoms with Crippen LogP contribution < -0.4 is 5.32 Å². The molecule has 0 unspecified atom stereocenters. The number of nitrogens with one attached hydrogen (secondary N) is 1. The van der Waals surface area contributed by atoms with Crippen LogP contribution in [0.5, 0.6) is 0 Å². The summed E-state index contributed by atoms with van der Waals surface area (Å²) in [5.74, 6) is -1.18. The molecule has 7 heteroatoms. The van der Waals surface area contributed by atoms with Crippen molar-refractivity contribution in [2.75, 3.05) is 23.9 Å². The van der Waals surface area contributed by atoms with Crippen LogP contribution in [0, 0.1) is 0 Å². The first-order chi connectivity index (χ1) is 8.83. The molecular weight excluding hydrogens is 270 g/mol. The fraction of sp³-hybridized carbons (Fsp3) is 0.333. The van der Waals surface area contributed by atoms with Gasteiger partial charge in [-0.05, 0) is 19.1 Å². The number of para-hydroxylation sites is 1. The maximum absolute atomic E-state index is 11.8. The van der Waals surface area contributed by atoms with Crippen LogP contribution in [-0.4, -0.2) is 38.9 Å². The maximum Gasteiger partial charge on any atom is 0.411 e. The number of rotatable bonds is 5. The van der Waals surface area contributed by atoms with Gasteiger partial charge in [0.25, 0.3) is 0 Å². The molecule has 0 aliphatic heterocycles. The van der Waals surface area contributed by atoms with E-state index >= 15 is 0 Å². The van der Waals surface area contributed by atoms with Crippen molar-refractivity contribution in [2.45, 2.75) is 6.92 Å². The molecule has 104 valence electrons. The number of carbonyl (C=O) groups is 2. The molecule has 0 aliphatic rings. The van der Waals surface area contributed by atoms with E-state index in [0.717, 1.165) is 6.26 Å². The number of Topliss-reactive ketones (excluding diaryl/α,β-unsaturated/α-hetero) is 1. The summed E-state index contributed by atoms with van der Waals surface area (Å²) in [6.07, 6.45) is 0.286. The van der Waals surface area contributed by atoms with Crippen LogP contribution in [0.3, 0.4) is 0 Å². The monoisotopic (exact) mass is 285 g/mol. The Balaban J connectivity index is 2.96. The lowest BCUT2D eigenvalue weighted by Crippen LogP contribution is -2.19. The van der Waals surface area contributed by atoms with Crippen molar-refractivity contribution in [1.82, 2.24) is 0 Å². The number of ketones is 1. The molecule has 0 saturated heterocycles. The molecule has 1 N–H and O–H groups in total. The lowest BCUT2D eigenvalue weighted by molar-refractivity contribution is 0.102.